The van der Waals surface area contributed by atoms with Gasteiger partial charge >= 0.3 is 0 Å². The zero-order valence-corrected chi connectivity index (χ0v) is 12.9. The molecule has 0 aliphatic heterocycles. The Morgan fingerprint density at radius 3 is 2.10 bits per heavy atom. The van der Waals surface area contributed by atoms with E-state index in [0.717, 1.165) is 5.75 Å². The van der Waals surface area contributed by atoms with Crippen LogP contribution in [-0.4, -0.2) is 13.2 Å². The Morgan fingerprint density at radius 2 is 1.48 bits per heavy atom. The third kappa shape index (κ3) is 4.42. The van der Waals surface area contributed by atoms with Gasteiger partial charge in [0.15, 0.2) is 0 Å². The lowest BCUT2D eigenvalue weighted by Crippen LogP contribution is -2.12. The van der Waals surface area contributed by atoms with E-state index in [9.17, 15) is 0 Å². The van der Waals surface area contributed by atoms with E-state index in [1.807, 2.05) is 36.4 Å². The summed E-state index contributed by atoms with van der Waals surface area (Å²) in [6.45, 7) is 7.54. The molecular weight excluding hydrogens is 262 g/mol. The molecule has 0 unspecified atom stereocenters. The van der Waals surface area contributed by atoms with Crippen molar-refractivity contribution in [3.05, 3.63) is 54.1 Å². The van der Waals surface area contributed by atoms with E-state index in [2.05, 4.69) is 32.9 Å². The molecular formula is C18H23NO2. The van der Waals surface area contributed by atoms with Crippen molar-refractivity contribution in [2.75, 3.05) is 18.9 Å². The Kier molecular flexibility index (Phi) is 4.73. The van der Waals surface area contributed by atoms with Gasteiger partial charge in [0, 0.05) is 0 Å². The van der Waals surface area contributed by atoms with Crippen LogP contribution in [0.4, 0.5) is 5.69 Å². The molecule has 2 aromatic rings. The Morgan fingerprint density at radius 1 is 0.857 bits per heavy atom. The average Bonchev–Trinajstić information content (AvgIpc) is 2.45. The fraction of sp³-hybridized carbons (Fsp3) is 0.333. The van der Waals surface area contributed by atoms with E-state index in [-0.39, 0.29) is 5.41 Å². The fourth-order valence-electron chi connectivity index (χ4n) is 1.97. The molecule has 0 atom stereocenters. The first-order valence-corrected chi connectivity index (χ1v) is 7.17. The molecule has 0 fully saturated rings. The summed E-state index contributed by atoms with van der Waals surface area (Å²) in [6, 6.07) is 15.7. The molecule has 3 nitrogen and oxygen atoms in total. The van der Waals surface area contributed by atoms with Gasteiger partial charge in [-0.2, -0.15) is 0 Å². The van der Waals surface area contributed by atoms with Crippen LogP contribution in [0.5, 0.6) is 11.5 Å². The van der Waals surface area contributed by atoms with Gasteiger partial charge in [-0.1, -0.05) is 45.0 Å². The van der Waals surface area contributed by atoms with E-state index >= 15 is 0 Å². The number of para-hydroxylation sites is 2. The van der Waals surface area contributed by atoms with Gasteiger partial charge in [0.2, 0.25) is 0 Å². The van der Waals surface area contributed by atoms with Crippen molar-refractivity contribution >= 4 is 5.69 Å². The topological polar surface area (TPSA) is 44.5 Å². The molecule has 0 radical (unpaired) electrons. The molecule has 0 saturated heterocycles. The maximum atomic E-state index is 5.81. The molecule has 21 heavy (non-hydrogen) atoms. The number of hydrogen-bond acceptors (Lipinski definition) is 3. The van der Waals surface area contributed by atoms with E-state index in [0.29, 0.717) is 24.7 Å². The van der Waals surface area contributed by atoms with Crippen LogP contribution >= 0.6 is 0 Å². The summed E-state index contributed by atoms with van der Waals surface area (Å²) in [7, 11) is 0. The lowest BCUT2D eigenvalue weighted by Gasteiger charge is -2.19. The number of anilines is 1. The fourth-order valence-corrected chi connectivity index (χ4v) is 1.97. The molecule has 0 bridgehead atoms. The van der Waals surface area contributed by atoms with Crippen molar-refractivity contribution < 1.29 is 9.47 Å². The molecule has 0 saturated carbocycles. The molecule has 2 rings (SSSR count). The quantitative estimate of drug-likeness (QED) is 0.666. The van der Waals surface area contributed by atoms with Crippen molar-refractivity contribution in [3.8, 4) is 11.5 Å². The summed E-state index contributed by atoms with van der Waals surface area (Å²) in [4.78, 5) is 0. The highest BCUT2D eigenvalue weighted by Crippen LogP contribution is 2.24. The van der Waals surface area contributed by atoms with E-state index in [4.69, 9.17) is 15.2 Å². The van der Waals surface area contributed by atoms with Gasteiger partial charge in [0.05, 0.1) is 5.69 Å². The van der Waals surface area contributed by atoms with Crippen LogP contribution in [0.2, 0.25) is 0 Å². The zero-order chi connectivity index (χ0) is 15.3. The molecule has 0 heterocycles. The van der Waals surface area contributed by atoms with Gasteiger partial charge in [-0.3, -0.25) is 0 Å². The second-order valence-electron chi connectivity index (χ2n) is 6.01. The Bertz CT molecular complexity index is 571. The standard InChI is InChI=1S/C18H23NO2/c1-18(2,3)14-8-10-15(11-9-14)20-12-13-21-17-7-5-4-6-16(17)19/h4-11H,12-13,19H2,1-3H3. The monoisotopic (exact) mass is 285 g/mol. The average molecular weight is 285 g/mol. The SMILES string of the molecule is CC(C)(C)c1ccc(OCCOc2ccccc2N)cc1. The van der Waals surface area contributed by atoms with Crippen molar-refractivity contribution in [2.45, 2.75) is 26.2 Å². The van der Waals surface area contributed by atoms with Crippen LogP contribution < -0.4 is 15.2 Å². The van der Waals surface area contributed by atoms with Crippen molar-refractivity contribution in [1.29, 1.82) is 0 Å². The van der Waals surface area contributed by atoms with Gasteiger partial charge in [0.25, 0.3) is 0 Å². The first-order chi connectivity index (χ1) is 9.97. The Balaban J connectivity index is 1.80. The highest BCUT2D eigenvalue weighted by atomic mass is 16.5. The Hall–Kier alpha value is -2.16. The largest absolute Gasteiger partial charge is 0.490 e. The summed E-state index contributed by atoms with van der Waals surface area (Å²) >= 11 is 0. The van der Waals surface area contributed by atoms with Gasteiger partial charge in [-0.15, -0.1) is 0 Å². The van der Waals surface area contributed by atoms with Crippen LogP contribution in [0.15, 0.2) is 48.5 Å². The van der Waals surface area contributed by atoms with Gasteiger partial charge in [-0.05, 0) is 35.2 Å². The molecule has 2 N–H and O–H groups in total. The number of hydrogen-bond donors (Lipinski definition) is 1. The summed E-state index contributed by atoms with van der Waals surface area (Å²) in [5, 5.41) is 0. The predicted octanol–water partition coefficient (Wildman–Crippen LogP) is 4.02. The number of nitrogen functional groups attached to an aromatic ring is 1. The predicted molar refractivity (Wildman–Crippen MR) is 87.0 cm³/mol. The molecule has 2 aromatic carbocycles. The van der Waals surface area contributed by atoms with Crippen molar-refractivity contribution in [2.24, 2.45) is 0 Å². The summed E-state index contributed by atoms with van der Waals surface area (Å²) in [5.41, 5.74) is 7.90. The first kappa shape index (κ1) is 15.2. The molecule has 0 aromatic heterocycles. The van der Waals surface area contributed by atoms with Crippen LogP contribution in [-0.2, 0) is 5.41 Å². The number of nitrogens with two attached hydrogens (primary N) is 1. The first-order valence-electron chi connectivity index (χ1n) is 7.17. The Labute approximate surface area is 126 Å². The lowest BCUT2D eigenvalue weighted by molar-refractivity contribution is 0.218. The van der Waals surface area contributed by atoms with Crippen LogP contribution in [0.1, 0.15) is 26.3 Å². The molecule has 3 heteroatoms. The zero-order valence-electron chi connectivity index (χ0n) is 12.9. The summed E-state index contributed by atoms with van der Waals surface area (Å²) in [5.74, 6) is 1.55. The molecule has 112 valence electrons. The van der Waals surface area contributed by atoms with Crippen LogP contribution in [0.25, 0.3) is 0 Å². The maximum Gasteiger partial charge on any atom is 0.142 e. The molecule has 0 spiro atoms. The summed E-state index contributed by atoms with van der Waals surface area (Å²) < 4.78 is 11.3. The lowest BCUT2D eigenvalue weighted by atomic mass is 9.87. The number of benzene rings is 2. The van der Waals surface area contributed by atoms with E-state index in [1.54, 1.807) is 0 Å². The third-order valence-corrected chi connectivity index (χ3v) is 3.25. The maximum absolute atomic E-state index is 5.81. The van der Waals surface area contributed by atoms with Crippen LogP contribution in [0.3, 0.4) is 0 Å². The number of rotatable bonds is 5. The third-order valence-electron chi connectivity index (χ3n) is 3.25. The molecule has 0 aliphatic carbocycles. The minimum atomic E-state index is 0.159. The second kappa shape index (κ2) is 6.53. The second-order valence-corrected chi connectivity index (χ2v) is 6.01. The van der Waals surface area contributed by atoms with Gasteiger partial charge in [-0.25, -0.2) is 0 Å². The minimum absolute atomic E-state index is 0.159. The van der Waals surface area contributed by atoms with Gasteiger partial charge in [0.1, 0.15) is 24.7 Å². The molecule has 0 aliphatic rings. The van der Waals surface area contributed by atoms with E-state index < -0.39 is 0 Å². The van der Waals surface area contributed by atoms with Gasteiger partial charge < -0.3 is 15.2 Å². The van der Waals surface area contributed by atoms with Crippen molar-refractivity contribution in [1.82, 2.24) is 0 Å². The smallest absolute Gasteiger partial charge is 0.142 e. The molecule has 0 amide bonds. The highest BCUT2D eigenvalue weighted by Gasteiger charge is 2.12. The van der Waals surface area contributed by atoms with Crippen LogP contribution in [0, 0.1) is 0 Å². The normalized spacial score (nSPS) is 11.2. The van der Waals surface area contributed by atoms with Crippen molar-refractivity contribution in [3.63, 3.8) is 0 Å². The van der Waals surface area contributed by atoms with E-state index in [1.165, 1.54) is 5.56 Å². The minimum Gasteiger partial charge on any atom is -0.490 e. The summed E-state index contributed by atoms with van der Waals surface area (Å²) in [6.07, 6.45) is 0. The number of ether oxygens (including phenoxy) is 2. The highest BCUT2D eigenvalue weighted by molar-refractivity contribution is 5.51.